The molecule has 31 heavy (non-hydrogen) atoms. The number of carbonyl (C=O) groups is 2. The molecule has 4 nitrogen and oxygen atoms in total. The number of hydrogen-bond donors (Lipinski definition) is 1. The summed E-state index contributed by atoms with van der Waals surface area (Å²) in [6.45, 7) is 1.48. The minimum Gasteiger partial charge on any atom is -0.339 e. The van der Waals surface area contributed by atoms with Crippen LogP contribution in [0.1, 0.15) is 46.7 Å². The number of hydrogen-bond acceptors (Lipinski definition) is 2. The van der Waals surface area contributed by atoms with Crippen molar-refractivity contribution in [1.29, 1.82) is 0 Å². The highest BCUT2D eigenvalue weighted by Gasteiger charge is 2.26. The lowest BCUT2D eigenvalue weighted by molar-refractivity contribution is -0.116. The van der Waals surface area contributed by atoms with E-state index in [0.29, 0.717) is 16.3 Å². The lowest BCUT2D eigenvalue weighted by Crippen LogP contribution is -2.36. The zero-order valence-corrected chi connectivity index (χ0v) is 18.0. The second-order valence-electron chi connectivity index (χ2n) is 7.79. The Hall–Kier alpha value is -3.11. The maximum Gasteiger partial charge on any atom is 0.255 e. The molecule has 3 aromatic carbocycles. The molecule has 0 bridgehead atoms. The van der Waals surface area contributed by atoms with Gasteiger partial charge in [-0.05, 0) is 48.6 Å². The van der Waals surface area contributed by atoms with Crippen LogP contribution >= 0.6 is 11.6 Å². The van der Waals surface area contributed by atoms with E-state index in [1.807, 2.05) is 65.6 Å². The predicted octanol–water partition coefficient (Wildman–Crippen LogP) is 5.74. The normalized spacial score (nSPS) is 13.8. The van der Waals surface area contributed by atoms with Crippen molar-refractivity contribution in [3.05, 3.63) is 101 Å². The predicted molar refractivity (Wildman–Crippen MR) is 125 cm³/mol. The summed E-state index contributed by atoms with van der Waals surface area (Å²) in [5.41, 5.74) is 2.69. The second-order valence-corrected chi connectivity index (χ2v) is 8.22. The molecule has 0 unspecified atom stereocenters. The van der Waals surface area contributed by atoms with Gasteiger partial charge < -0.3 is 10.2 Å². The Labute approximate surface area is 187 Å². The van der Waals surface area contributed by atoms with Gasteiger partial charge in [-0.3, -0.25) is 9.59 Å². The van der Waals surface area contributed by atoms with Crippen LogP contribution in [0.15, 0.2) is 78.9 Å². The fourth-order valence-electron chi connectivity index (χ4n) is 4.06. The molecule has 5 heteroatoms. The van der Waals surface area contributed by atoms with E-state index in [-0.39, 0.29) is 11.8 Å². The molecule has 158 valence electrons. The molecule has 1 saturated heterocycles. The quantitative estimate of drug-likeness (QED) is 0.559. The van der Waals surface area contributed by atoms with Crippen molar-refractivity contribution in [2.24, 2.45) is 0 Å². The summed E-state index contributed by atoms with van der Waals surface area (Å²) in [5.74, 6) is -0.769. The van der Waals surface area contributed by atoms with E-state index in [2.05, 4.69) is 5.32 Å². The molecule has 4 rings (SSSR count). The molecule has 1 aliphatic rings. The van der Waals surface area contributed by atoms with Gasteiger partial charge in [0.2, 0.25) is 5.91 Å². The van der Waals surface area contributed by atoms with Crippen LogP contribution in [-0.4, -0.2) is 29.8 Å². The molecule has 0 radical (unpaired) electrons. The zero-order chi connectivity index (χ0) is 21.6. The number of nitrogens with zero attached hydrogens (tertiary/aromatic N) is 1. The molecular weight excluding hydrogens is 408 g/mol. The lowest BCUT2D eigenvalue weighted by Gasteiger charge is -2.28. The third kappa shape index (κ3) is 4.97. The molecule has 3 aromatic rings. The Morgan fingerprint density at radius 3 is 1.97 bits per heavy atom. The summed E-state index contributed by atoms with van der Waals surface area (Å²) in [4.78, 5) is 28.5. The van der Waals surface area contributed by atoms with E-state index in [1.165, 1.54) is 0 Å². The van der Waals surface area contributed by atoms with Gasteiger partial charge in [0.15, 0.2) is 0 Å². The van der Waals surface area contributed by atoms with Crippen LogP contribution in [0.25, 0.3) is 0 Å². The second kappa shape index (κ2) is 9.80. The first-order valence-electron chi connectivity index (χ1n) is 10.6. The number of anilines is 1. The van der Waals surface area contributed by atoms with Crippen molar-refractivity contribution >= 4 is 29.1 Å². The summed E-state index contributed by atoms with van der Waals surface area (Å²) in [5, 5.41) is 3.47. The molecule has 1 fully saturated rings. The average Bonchev–Trinajstić information content (AvgIpc) is 2.81. The van der Waals surface area contributed by atoms with Gasteiger partial charge in [-0.1, -0.05) is 72.3 Å². The first kappa shape index (κ1) is 21.1. The Balaban J connectivity index is 1.66. The summed E-state index contributed by atoms with van der Waals surface area (Å²) in [6, 6.07) is 24.3. The third-order valence-electron chi connectivity index (χ3n) is 5.64. The zero-order valence-electron chi connectivity index (χ0n) is 17.3. The first-order valence-corrected chi connectivity index (χ1v) is 11.0. The van der Waals surface area contributed by atoms with Crippen LogP contribution in [0, 0.1) is 0 Å². The van der Waals surface area contributed by atoms with Crippen LogP contribution in [0.4, 0.5) is 5.69 Å². The lowest BCUT2D eigenvalue weighted by atomic mass is 9.90. The number of benzene rings is 3. The summed E-state index contributed by atoms with van der Waals surface area (Å²) < 4.78 is 0. The van der Waals surface area contributed by atoms with E-state index in [9.17, 15) is 9.59 Å². The third-order valence-corrected chi connectivity index (χ3v) is 5.88. The highest BCUT2D eigenvalue weighted by molar-refractivity contribution is 6.31. The fourth-order valence-corrected chi connectivity index (χ4v) is 4.24. The van der Waals surface area contributed by atoms with Crippen molar-refractivity contribution in [1.82, 2.24) is 4.90 Å². The SMILES string of the molecule is O=C(Nc1cc(Cl)ccc1C(=O)N1CCCCC1)C(c1ccccc1)c1ccccc1. The topological polar surface area (TPSA) is 49.4 Å². The van der Waals surface area contributed by atoms with Gasteiger partial charge in [0.25, 0.3) is 5.91 Å². The van der Waals surface area contributed by atoms with Crippen molar-refractivity contribution in [3.8, 4) is 0 Å². The molecular formula is C26H25ClN2O2. The molecule has 2 amide bonds. The van der Waals surface area contributed by atoms with Crippen molar-refractivity contribution in [2.75, 3.05) is 18.4 Å². The first-order chi connectivity index (χ1) is 15.1. The van der Waals surface area contributed by atoms with Crippen LogP contribution in [0.2, 0.25) is 5.02 Å². The fraction of sp³-hybridized carbons (Fsp3) is 0.231. The van der Waals surface area contributed by atoms with Crippen LogP contribution in [0.5, 0.6) is 0 Å². The van der Waals surface area contributed by atoms with Crippen molar-refractivity contribution in [2.45, 2.75) is 25.2 Å². The van der Waals surface area contributed by atoms with Gasteiger partial charge in [0, 0.05) is 18.1 Å². The molecule has 0 aliphatic carbocycles. The molecule has 0 saturated carbocycles. The number of carbonyl (C=O) groups excluding carboxylic acids is 2. The summed E-state index contributed by atoms with van der Waals surface area (Å²) in [6.07, 6.45) is 3.15. The maximum atomic E-state index is 13.5. The van der Waals surface area contributed by atoms with E-state index in [0.717, 1.165) is 43.5 Å². The Bertz CT molecular complexity index is 1010. The van der Waals surface area contributed by atoms with Gasteiger partial charge >= 0.3 is 0 Å². The number of rotatable bonds is 5. The number of amides is 2. The van der Waals surface area contributed by atoms with Crippen LogP contribution in [0.3, 0.4) is 0 Å². The van der Waals surface area contributed by atoms with Gasteiger partial charge in [0.1, 0.15) is 0 Å². The Morgan fingerprint density at radius 1 is 0.806 bits per heavy atom. The monoisotopic (exact) mass is 432 g/mol. The molecule has 1 N–H and O–H groups in total. The number of nitrogens with one attached hydrogen (secondary N) is 1. The average molecular weight is 433 g/mol. The minimum absolute atomic E-state index is 0.0670. The summed E-state index contributed by atoms with van der Waals surface area (Å²) >= 11 is 6.23. The standard InChI is InChI=1S/C26H25ClN2O2/c27-21-14-15-22(26(31)29-16-8-3-9-17-29)23(18-21)28-25(30)24(19-10-4-1-5-11-19)20-12-6-2-7-13-20/h1-2,4-7,10-15,18,24H,3,8-9,16-17H2,(H,28,30). The number of likely N-dealkylation sites (tertiary alicyclic amines) is 1. The smallest absolute Gasteiger partial charge is 0.255 e. The summed E-state index contributed by atoms with van der Waals surface area (Å²) in [7, 11) is 0. The molecule has 1 aliphatic heterocycles. The largest absolute Gasteiger partial charge is 0.339 e. The van der Waals surface area contributed by atoms with Crippen molar-refractivity contribution in [3.63, 3.8) is 0 Å². The highest BCUT2D eigenvalue weighted by atomic mass is 35.5. The van der Waals surface area contributed by atoms with Crippen molar-refractivity contribution < 1.29 is 9.59 Å². The van der Waals surface area contributed by atoms with E-state index >= 15 is 0 Å². The minimum atomic E-state index is -0.501. The Morgan fingerprint density at radius 2 is 1.39 bits per heavy atom. The van der Waals surface area contributed by atoms with E-state index in [1.54, 1.807) is 18.2 Å². The van der Waals surface area contributed by atoms with Gasteiger partial charge in [-0.2, -0.15) is 0 Å². The van der Waals surface area contributed by atoms with Gasteiger partial charge in [0.05, 0.1) is 17.2 Å². The van der Waals surface area contributed by atoms with Crippen LogP contribution < -0.4 is 5.32 Å². The Kier molecular flexibility index (Phi) is 6.68. The maximum absolute atomic E-state index is 13.5. The van der Waals surface area contributed by atoms with Gasteiger partial charge in [-0.25, -0.2) is 0 Å². The van der Waals surface area contributed by atoms with E-state index in [4.69, 9.17) is 11.6 Å². The molecule has 0 spiro atoms. The molecule has 0 aromatic heterocycles. The molecule has 0 atom stereocenters. The molecule has 1 heterocycles. The van der Waals surface area contributed by atoms with Gasteiger partial charge in [-0.15, -0.1) is 0 Å². The number of halogens is 1. The van der Waals surface area contributed by atoms with E-state index < -0.39 is 5.92 Å². The number of piperidine rings is 1. The van der Waals surface area contributed by atoms with Crippen LogP contribution in [-0.2, 0) is 4.79 Å². The highest BCUT2D eigenvalue weighted by Crippen LogP contribution is 2.29.